The van der Waals surface area contributed by atoms with E-state index < -0.39 is 29.3 Å². The maximum absolute atomic E-state index is 13.8. The molecule has 2 heterocycles. The SMILES string of the molecule is Fc1ccc(N2CCC(CNc3ccc(C(F)(F)C(F)(F)F)cn3)C2)c(F)c1. The zero-order chi connectivity index (χ0) is 20.5. The minimum atomic E-state index is -5.69. The van der Waals surface area contributed by atoms with E-state index in [-0.39, 0.29) is 11.7 Å². The van der Waals surface area contributed by atoms with Crippen molar-refractivity contribution < 1.29 is 30.7 Å². The van der Waals surface area contributed by atoms with Crippen LogP contribution in [0.4, 0.5) is 42.2 Å². The lowest BCUT2D eigenvalue weighted by Gasteiger charge is -2.20. The van der Waals surface area contributed by atoms with Gasteiger partial charge in [-0.3, -0.25) is 0 Å². The van der Waals surface area contributed by atoms with Gasteiger partial charge in [0.25, 0.3) is 0 Å². The number of benzene rings is 1. The third-order valence-electron chi connectivity index (χ3n) is 4.59. The highest BCUT2D eigenvalue weighted by atomic mass is 19.4. The second-order valence-corrected chi connectivity index (χ2v) is 6.58. The van der Waals surface area contributed by atoms with Crippen LogP contribution in [0.3, 0.4) is 0 Å². The number of nitrogens with zero attached hydrogens (tertiary/aromatic N) is 2. The predicted molar refractivity (Wildman–Crippen MR) is 89.4 cm³/mol. The maximum atomic E-state index is 13.8. The van der Waals surface area contributed by atoms with E-state index in [0.717, 1.165) is 12.1 Å². The molecule has 3 nitrogen and oxygen atoms in total. The first-order chi connectivity index (χ1) is 13.1. The van der Waals surface area contributed by atoms with Crippen LogP contribution in [0.15, 0.2) is 36.5 Å². The van der Waals surface area contributed by atoms with Gasteiger partial charge < -0.3 is 10.2 Å². The molecule has 1 unspecified atom stereocenters. The maximum Gasteiger partial charge on any atom is 0.458 e. The summed E-state index contributed by atoms with van der Waals surface area (Å²) in [5, 5.41) is 2.88. The summed E-state index contributed by atoms with van der Waals surface area (Å²) in [6.07, 6.45) is -4.49. The molecule has 1 aliphatic heterocycles. The third kappa shape index (κ3) is 4.15. The monoisotopic (exact) mass is 407 g/mol. The van der Waals surface area contributed by atoms with E-state index in [4.69, 9.17) is 0 Å². The van der Waals surface area contributed by atoms with Gasteiger partial charge in [-0.1, -0.05) is 0 Å². The normalized spacial score (nSPS) is 17.8. The number of rotatable bonds is 5. The van der Waals surface area contributed by atoms with Gasteiger partial charge in [0.15, 0.2) is 0 Å². The van der Waals surface area contributed by atoms with Crippen LogP contribution >= 0.6 is 0 Å². The minimum absolute atomic E-state index is 0.0718. The molecule has 0 amide bonds. The Balaban J connectivity index is 1.57. The molecule has 2 aromatic rings. The predicted octanol–water partition coefficient (Wildman–Crippen LogP) is 4.95. The van der Waals surface area contributed by atoms with Gasteiger partial charge in [0.1, 0.15) is 17.5 Å². The summed E-state index contributed by atoms with van der Waals surface area (Å²) < 4.78 is 90.4. The molecule has 0 bridgehead atoms. The van der Waals surface area contributed by atoms with Crippen LogP contribution in [-0.2, 0) is 5.92 Å². The van der Waals surface area contributed by atoms with Gasteiger partial charge in [0.05, 0.1) is 5.69 Å². The van der Waals surface area contributed by atoms with Crippen molar-refractivity contribution in [1.82, 2.24) is 4.98 Å². The van der Waals surface area contributed by atoms with Crippen LogP contribution in [0, 0.1) is 17.6 Å². The molecule has 1 aromatic heterocycles. The Labute approximate surface area is 156 Å². The number of nitrogens with one attached hydrogen (secondary N) is 1. The minimum Gasteiger partial charge on any atom is -0.370 e. The van der Waals surface area contributed by atoms with Crippen molar-refractivity contribution in [3.05, 3.63) is 53.7 Å². The van der Waals surface area contributed by atoms with E-state index in [1.165, 1.54) is 12.1 Å². The lowest BCUT2D eigenvalue weighted by atomic mass is 10.1. The van der Waals surface area contributed by atoms with Crippen molar-refractivity contribution >= 4 is 11.5 Å². The average Bonchev–Trinajstić information content (AvgIpc) is 3.08. The summed E-state index contributed by atoms with van der Waals surface area (Å²) in [6, 6.07) is 5.08. The first kappa shape index (κ1) is 20.2. The van der Waals surface area contributed by atoms with Crippen molar-refractivity contribution in [3.63, 3.8) is 0 Å². The molecule has 1 aliphatic rings. The zero-order valence-corrected chi connectivity index (χ0v) is 14.4. The number of halogens is 7. The van der Waals surface area contributed by atoms with E-state index in [0.29, 0.717) is 44.0 Å². The van der Waals surface area contributed by atoms with Gasteiger partial charge in [-0.05, 0) is 36.6 Å². The van der Waals surface area contributed by atoms with E-state index in [1.807, 2.05) is 0 Å². The van der Waals surface area contributed by atoms with Crippen LogP contribution in [0.1, 0.15) is 12.0 Å². The van der Waals surface area contributed by atoms with Gasteiger partial charge in [-0.25, -0.2) is 13.8 Å². The second-order valence-electron chi connectivity index (χ2n) is 6.58. The molecule has 1 saturated heterocycles. The van der Waals surface area contributed by atoms with Gasteiger partial charge in [0, 0.05) is 37.5 Å². The fourth-order valence-corrected chi connectivity index (χ4v) is 3.05. The first-order valence-corrected chi connectivity index (χ1v) is 8.43. The standard InChI is InChI=1S/C18H16F7N3/c19-13-2-3-15(14(20)7-13)28-6-5-11(10-28)8-26-16-4-1-12(9-27-16)17(21,22)18(23,24)25/h1-4,7,9,11H,5-6,8,10H2,(H,26,27). The van der Waals surface area contributed by atoms with Crippen molar-refractivity contribution in [2.45, 2.75) is 18.5 Å². The van der Waals surface area contributed by atoms with E-state index in [2.05, 4.69) is 10.3 Å². The van der Waals surface area contributed by atoms with Crippen molar-refractivity contribution in [2.75, 3.05) is 29.9 Å². The molecule has 28 heavy (non-hydrogen) atoms. The van der Waals surface area contributed by atoms with E-state index in [9.17, 15) is 30.7 Å². The van der Waals surface area contributed by atoms with Crippen LogP contribution in [0.25, 0.3) is 0 Å². The molecule has 3 rings (SSSR count). The van der Waals surface area contributed by atoms with E-state index in [1.54, 1.807) is 4.90 Å². The van der Waals surface area contributed by atoms with Crippen LogP contribution in [0.2, 0.25) is 0 Å². The highest BCUT2D eigenvalue weighted by Gasteiger charge is 2.58. The Morgan fingerprint density at radius 2 is 1.82 bits per heavy atom. The molecule has 0 radical (unpaired) electrons. The lowest BCUT2D eigenvalue weighted by molar-refractivity contribution is -0.289. The molecule has 1 N–H and O–H groups in total. The van der Waals surface area contributed by atoms with Gasteiger partial charge in [0.2, 0.25) is 0 Å². The lowest BCUT2D eigenvalue weighted by Crippen LogP contribution is -2.33. The quantitative estimate of drug-likeness (QED) is 0.711. The molecular formula is C18H16F7N3. The van der Waals surface area contributed by atoms with Crippen LogP contribution in [-0.4, -0.2) is 30.8 Å². The topological polar surface area (TPSA) is 28.2 Å². The Bertz CT molecular complexity index is 821. The fraction of sp³-hybridized carbons (Fsp3) is 0.389. The summed E-state index contributed by atoms with van der Waals surface area (Å²) in [4.78, 5) is 5.38. The summed E-state index contributed by atoms with van der Waals surface area (Å²) in [5.74, 6) is -6.06. The van der Waals surface area contributed by atoms with Crippen molar-refractivity contribution in [1.29, 1.82) is 0 Å². The number of alkyl halides is 5. The fourth-order valence-electron chi connectivity index (χ4n) is 3.05. The number of hydrogen-bond acceptors (Lipinski definition) is 3. The zero-order valence-electron chi connectivity index (χ0n) is 14.4. The van der Waals surface area contributed by atoms with Gasteiger partial charge in [-0.2, -0.15) is 22.0 Å². The highest BCUT2D eigenvalue weighted by Crippen LogP contribution is 2.43. The smallest absolute Gasteiger partial charge is 0.370 e. The number of anilines is 2. The number of aromatic nitrogens is 1. The molecule has 1 atom stereocenters. The number of hydrogen-bond donors (Lipinski definition) is 1. The average molecular weight is 407 g/mol. The third-order valence-corrected chi connectivity index (χ3v) is 4.59. The largest absolute Gasteiger partial charge is 0.458 e. The summed E-state index contributed by atoms with van der Waals surface area (Å²) in [7, 11) is 0. The molecule has 152 valence electrons. The van der Waals surface area contributed by atoms with E-state index >= 15 is 0 Å². The van der Waals surface area contributed by atoms with Crippen molar-refractivity contribution in [3.8, 4) is 0 Å². The van der Waals surface area contributed by atoms with Gasteiger partial charge >= 0.3 is 12.1 Å². The molecule has 1 aromatic carbocycles. The first-order valence-electron chi connectivity index (χ1n) is 8.43. The summed E-state index contributed by atoms with van der Waals surface area (Å²) in [6.45, 7) is 1.42. The van der Waals surface area contributed by atoms with Crippen LogP contribution in [0.5, 0.6) is 0 Å². The van der Waals surface area contributed by atoms with Gasteiger partial charge in [-0.15, -0.1) is 0 Å². The summed E-state index contributed by atoms with van der Waals surface area (Å²) in [5.41, 5.74) is -0.940. The molecule has 1 fully saturated rings. The molecule has 10 heteroatoms. The van der Waals surface area contributed by atoms with Crippen LogP contribution < -0.4 is 10.2 Å². The molecule has 0 saturated carbocycles. The second kappa shape index (κ2) is 7.48. The Morgan fingerprint density at radius 1 is 1.07 bits per heavy atom. The highest BCUT2D eigenvalue weighted by molar-refractivity contribution is 5.49. The number of pyridine rings is 1. The molecular weight excluding hydrogens is 391 g/mol. The Kier molecular flexibility index (Phi) is 5.40. The molecule has 0 aliphatic carbocycles. The van der Waals surface area contributed by atoms with Crippen molar-refractivity contribution in [2.24, 2.45) is 5.92 Å². The Morgan fingerprint density at radius 3 is 2.43 bits per heavy atom. The Hall–Kier alpha value is -2.52. The summed E-state index contributed by atoms with van der Waals surface area (Å²) >= 11 is 0. The molecule has 0 spiro atoms.